The van der Waals surface area contributed by atoms with Crippen molar-refractivity contribution >= 4 is 5.91 Å². The van der Waals surface area contributed by atoms with Gasteiger partial charge in [-0.25, -0.2) is 0 Å². The average Bonchev–Trinajstić information content (AvgIpc) is 2.91. The maximum Gasteiger partial charge on any atom is 0.226 e. The smallest absolute Gasteiger partial charge is 0.226 e. The Morgan fingerprint density at radius 1 is 1.21 bits per heavy atom. The first kappa shape index (κ1) is 13.4. The van der Waals surface area contributed by atoms with Crippen LogP contribution >= 0.6 is 0 Å². The largest absolute Gasteiger partial charge is 0.340 e. The monoisotopic (exact) mass is 265 g/mol. The molecule has 0 radical (unpaired) electrons. The van der Waals surface area contributed by atoms with Crippen molar-refractivity contribution in [3.8, 4) is 0 Å². The zero-order valence-electron chi connectivity index (χ0n) is 12.1. The van der Waals surface area contributed by atoms with Gasteiger partial charge in [-0.2, -0.15) is 0 Å². The van der Waals surface area contributed by atoms with E-state index in [-0.39, 0.29) is 0 Å². The Kier molecular flexibility index (Phi) is 3.81. The van der Waals surface area contributed by atoms with Gasteiger partial charge < -0.3 is 10.6 Å². The summed E-state index contributed by atoms with van der Waals surface area (Å²) in [6.45, 7) is 7.93. The maximum absolute atomic E-state index is 12.4. The molecule has 3 aliphatic rings. The molecule has 0 aromatic rings. The average molecular weight is 265 g/mol. The Labute approximate surface area is 116 Å². The topological polar surface area (TPSA) is 49.6 Å². The zero-order valence-corrected chi connectivity index (χ0v) is 12.1. The minimum Gasteiger partial charge on any atom is -0.340 e. The van der Waals surface area contributed by atoms with Gasteiger partial charge in [0.05, 0.1) is 0 Å². The van der Waals surface area contributed by atoms with Gasteiger partial charge in [-0.3, -0.25) is 9.69 Å². The Bertz CT molecular complexity index is 328. The number of amides is 1. The van der Waals surface area contributed by atoms with Gasteiger partial charge >= 0.3 is 0 Å². The van der Waals surface area contributed by atoms with Crippen molar-refractivity contribution < 1.29 is 4.79 Å². The quantitative estimate of drug-likeness (QED) is 0.817. The predicted molar refractivity (Wildman–Crippen MR) is 75.6 cm³/mol. The number of fused-ring (bicyclic) bond motifs is 1. The minimum absolute atomic E-state index is 0.406. The first-order valence-electron chi connectivity index (χ1n) is 7.92. The van der Waals surface area contributed by atoms with E-state index in [1.54, 1.807) is 0 Å². The number of rotatable bonds is 4. The lowest BCUT2D eigenvalue weighted by atomic mass is 10.1. The molecule has 1 aliphatic heterocycles. The Morgan fingerprint density at radius 2 is 1.84 bits per heavy atom. The van der Waals surface area contributed by atoms with Crippen molar-refractivity contribution in [1.82, 2.24) is 9.80 Å². The van der Waals surface area contributed by atoms with E-state index < -0.39 is 0 Å². The Balaban J connectivity index is 1.44. The van der Waals surface area contributed by atoms with Crippen LogP contribution in [0.5, 0.6) is 0 Å². The molecule has 0 bridgehead atoms. The molecule has 3 rings (SSSR count). The summed E-state index contributed by atoms with van der Waals surface area (Å²) >= 11 is 0. The highest BCUT2D eigenvalue weighted by molar-refractivity contribution is 5.82. The standard InChI is InChI=1S/C15H27N3O/c1-11(9-16)10-17-5-7-18(8-6-17)15(19)14-12-3-2-4-13(12)14/h11-14H,2-10,16H2,1H3. The number of carbonyl (C=O) groups is 1. The fraction of sp³-hybridized carbons (Fsp3) is 0.933. The van der Waals surface area contributed by atoms with E-state index in [2.05, 4.69) is 16.7 Å². The van der Waals surface area contributed by atoms with Gasteiger partial charge in [-0.05, 0) is 37.1 Å². The number of nitrogens with two attached hydrogens (primary N) is 1. The second-order valence-electron chi connectivity index (χ2n) is 6.75. The summed E-state index contributed by atoms with van der Waals surface area (Å²) in [7, 11) is 0. The van der Waals surface area contributed by atoms with E-state index in [4.69, 9.17) is 5.73 Å². The fourth-order valence-corrected chi connectivity index (χ4v) is 4.06. The van der Waals surface area contributed by atoms with Crippen LogP contribution in [0, 0.1) is 23.7 Å². The number of nitrogens with zero attached hydrogens (tertiary/aromatic N) is 2. The third-order valence-corrected chi connectivity index (χ3v) is 5.35. The van der Waals surface area contributed by atoms with Gasteiger partial charge in [0, 0.05) is 38.6 Å². The lowest BCUT2D eigenvalue weighted by Gasteiger charge is -2.36. The number of hydrogen-bond donors (Lipinski definition) is 1. The molecule has 1 heterocycles. The van der Waals surface area contributed by atoms with Crippen molar-refractivity contribution in [3.05, 3.63) is 0 Å². The van der Waals surface area contributed by atoms with Crippen molar-refractivity contribution in [2.24, 2.45) is 29.4 Å². The number of piperazine rings is 1. The Morgan fingerprint density at radius 3 is 2.42 bits per heavy atom. The molecule has 2 saturated carbocycles. The third kappa shape index (κ3) is 2.65. The van der Waals surface area contributed by atoms with E-state index in [9.17, 15) is 4.79 Å². The molecular weight excluding hydrogens is 238 g/mol. The lowest BCUT2D eigenvalue weighted by Crippen LogP contribution is -2.50. The summed E-state index contributed by atoms with van der Waals surface area (Å²) in [4.78, 5) is 17.0. The van der Waals surface area contributed by atoms with Crippen molar-refractivity contribution in [3.63, 3.8) is 0 Å². The maximum atomic E-state index is 12.4. The minimum atomic E-state index is 0.406. The van der Waals surface area contributed by atoms with Gasteiger partial charge in [-0.1, -0.05) is 13.3 Å². The van der Waals surface area contributed by atoms with E-state index in [1.807, 2.05) is 0 Å². The summed E-state index contributed by atoms with van der Waals surface area (Å²) in [6.07, 6.45) is 3.95. The second kappa shape index (κ2) is 5.41. The van der Waals surface area contributed by atoms with Gasteiger partial charge in [0.25, 0.3) is 0 Å². The first-order chi connectivity index (χ1) is 9.20. The van der Waals surface area contributed by atoms with Crippen LogP contribution in [0.4, 0.5) is 0 Å². The van der Waals surface area contributed by atoms with Crippen LogP contribution in [-0.4, -0.2) is 55.0 Å². The van der Waals surface area contributed by atoms with E-state index in [0.717, 1.165) is 51.1 Å². The molecule has 2 N–H and O–H groups in total. The number of hydrogen-bond acceptors (Lipinski definition) is 3. The van der Waals surface area contributed by atoms with E-state index in [0.29, 0.717) is 17.7 Å². The molecule has 0 spiro atoms. The van der Waals surface area contributed by atoms with Crippen molar-refractivity contribution in [2.45, 2.75) is 26.2 Å². The molecule has 2 aliphatic carbocycles. The van der Waals surface area contributed by atoms with Gasteiger partial charge in [0.15, 0.2) is 0 Å². The summed E-state index contributed by atoms with van der Waals surface area (Å²) in [6, 6.07) is 0. The van der Waals surface area contributed by atoms with Crippen LogP contribution in [0.3, 0.4) is 0 Å². The molecule has 0 aromatic carbocycles. The lowest BCUT2D eigenvalue weighted by molar-refractivity contribution is -0.135. The molecule has 1 amide bonds. The van der Waals surface area contributed by atoms with Crippen molar-refractivity contribution in [2.75, 3.05) is 39.3 Å². The van der Waals surface area contributed by atoms with Gasteiger partial charge in [0.2, 0.25) is 5.91 Å². The summed E-state index contributed by atoms with van der Waals surface area (Å²) in [5.74, 6) is 2.93. The van der Waals surface area contributed by atoms with E-state index in [1.165, 1.54) is 19.3 Å². The molecule has 4 nitrogen and oxygen atoms in total. The molecule has 0 aromatic heterocycles. The predicted octanol–water partition coefficient (Wildman–Crippen LogP) is 0.772. The molecule has 1 saturated heterocycles. The molecule has 108 valence electrons. The van der Waals surface area contributed by atoms with Crippen molar-refractivity contribution in [1.29, 1.82) is 0 Å². The molecule has 19 heavy (non-hydrogen) atoms. The van der Waals surface area contributed by atoms with Gasteiger partial charge in [0.1, 0.15) is 0 Å². The zero-order chi connectivity index (χ0) is 13.4. The van der Waals surface area contributed by atoms with Crippen LogP contribution in [0.15, 0.2) is 0 Å². The Hall–Kier alpha value is -0.610. The molecular formula is C15H27N3O. The molecule has 4 heteroatoms. The molecule has 3 fully saturated rings. The summed E-state index contributed by atoms with van der Waals surface area (Å²) in [5, 5.41) is 0. The summed E-state index contributed by atoms with van der Waals surface area (Å²) in [5.41, 5.74) is 5.67. The third-order valence-electron chi connectivity index (χ3n) is 5.35. The fourth-order valence-electron chi connectivity index (χ4n) is 4.06. The van der Waals surface area contributed by atoms with Crippen LogP contribution < -0.4 is 5.73 Å². The molecule has 3 unspecified atom stereocenters. The highest BCUT2D eigenvalue weighted by Crippen LogP contribution is 2.58. The number of carbonyl (C=O) groups excluding carboxylic acids is 1. The van der Waals surface area contributed by atoms with E-state index >= 15 is 0 Å². The normalized spacial score (nSPS) is 36.1. The van der Waals surface area contributed by atoms with Crippen LogP contribution in [-0.2, 0) is 4.79 Å². The first-order valence-corrected chi connectivity index (χ1v) is 7.92. The van der Waals surface area contributed by atoms with Crippen LogP contribution in [0.25, 0.3) is 0 Å². The van der Waals surface area contributed by atoms with Gasteiger partial charge in [-0.15, -0.1) is 0 Å². The van der Waals surface area contributed by atoms with Crippen LogP contribution in [0.1, 0.15) is 26.2 Å². The highest BCUT2D eigenvalue weighted by Gasteiger charge is 2.57. The summed E-state index contributed by atoms with van der Waals surface area (Å²) < 4.78 is 0. The second-order valence-corrected chi connectivity index (χ2v) is 6.75. The van der Waals surface area contributed by atoms with Crippen LogP contribution in [0.2, 0.25) is 0 Å². The highest BCUT2D eigenvalue weighted by atomic mass is 16.2. The SMILES string of the molecule is CC(CN)CN1CCN(C(=O)C2C3CCCC32)CC1. The molecule has 3 atom stereocenters.